The first-order valence-electron chi connectivity index (χ1n) is 12.4. The second-order valence-electron chi connectivity index (χ2n) is 9.03. The number of aromatic nitrogens is 2. The molecule has 1 amide bonds. The minimum absolute atomic E-state index is 0.0245. The molecule has 0 atom stereocenters. The Balaban J connectivity index is 1.48. The number of nitrogens with one attached hydrogen (secondary N) is 1. The van der Waals surface area contributed by atoms with Crippen LogP contribution in [0.1, 0.15) is 38.9 Å². The Morgan fingerprint density at radius 3 is 2.47 bits per heavy atom. The van der Waals surface area contributed by atoms with Gasteiger partial charge in [0.1, 0.15) is 5.82 Å². The number of likely N-dealkylation sites (N-methyl/N-ethyl adjacent to an activating group) is 1. The molecule has 1 aliphatic rings. The van der Waals surface area contributed by atoms with Crippen molar-refractivity contribution in [3.05, 3.63) is 24.0 Å². The van der Waals surface area contributed by atoms with Gasteiger partial charge in [0.15, 0.2) is 0 Å². The molecule has 0 saturated carbocycles. The summed E-state index contributed by atoms with van der Waals surface area (Å²) in [7, 11) is 0.533. The average molecular weight is 493 g/mol. The molecular weight excluding hydrogens is 452 g/mol. The van der Waals surface area contributed by atoms with Crippen LogP contribution in [-0.2, 0) is 28.3 Å². The van der Waals surface area contributed by atoms with Crippen LogP contribution in [0.2, 0.25) is 0 Å². The Labute approximate surface area is 204 Å². The molecule has 190 valence electrons. The predicted octanol–water partition coefficient (Wildman–Crippen LogP) is 1.68. The lowest BCUT2D eigenvalue weighted by Gasteiger charge is -2.32. The number of sulfonamides is 1. The topological polar surface area (TPSA) is 90.8 Å². The Morgan fingerprint density at radius 1 is 1.09 bits per heavy atom. The van der Waals surface area contributed by atoms with Crippen LogP contribution < -0.4 is 5.32 Å². The third kappa shape index (κ3) is 6.56. The van der Waals surface area contributed by atoms with Gasteiger partial charge >= 0.3 is 0 Å². The van der Waals surface area contributed by atoms with E-state index >= 15 is 0 Å². The number of carbonyl (C=O) groups excluding carboxylic acids is 1. The molecule has 3 rings (SSSR count). The van der Waals surface area contributed by atoms with Crippen LogP contribution in [0.4, 0.5) is 0 Å². The van der Waals surface area contributed by atoms with Gasteiger partial charge < -0.3 is 19.7 Å². The number of imidazole rings is 1. The third-order valence-electron chi connectivity index (χ3n) is 6.68. The summed E-state index contributed by atoms with van der Waals surface area (Å²) in [6.45, 7) is 10.8. The molecule has 1 aromatic heterocycles. The molecule has 0 bridgehead atoms. The highest BCUT2D eigenvalue weighted by Gasteiger charge is 2.23. The molecular formula is C24H40N6O3S. The van der Waals surface area contributed by atoms with Crippen molar-refractivity contribution in [3.63, 3.8) is 0 Å². The van der Waals surface area contributed by atoms with Crippen molar-refractivity contribution >= 4 is 27.0 Å². The first-order valence-corrected chi connectivity index (χ1v) is 13.8. The van der Waals surface area contributed by atoms with Crippen LogP contribution in [0.15, 0.2) is 23.1 Å². The van der Waals surface area contributed by atoms with Crippen LogP contribution in [0, 0.1) is 0 Å². The van der Waals surface area contributed by atoms with Crippen LogP contribution >= 0.6 is 0 Å². The van der Waals surface area contributed by atoms with Crippen LogP contribution in [-0.4, -0.2) is 97.4 Å². The molecule has 0 unspecified atom stereocenters. The van der Waals surface area contributed by atoms with Crippen molar-refractivity contribution in [1.29, 1.82) is 0 Å². The van der Waals surface area contributed by atoms with Crippen molar-refractivity contribution in [3.8, 4) is 0 Å². The average Bonchev–Trinajstić information content (AvgIpc) is 3.14. The van der Waals surface area contributed by atoms with Crippen molar-refractivity contribution in [1.82, 2.24) is 29.0 Å². The summed E-state index contributed by atoms with van der Waals surface area (Å²) in [6.07, 6.45) is 2.94. The second-order valence-corrected chi connectivity index (χ2v) is 11.0. The molecule has 2 heterocycles. The zero-order chi connectivity index (χ0) is 24.7. The van der Waals surface area contributed by atoms with Crippen molar-refractivity contribution in [2.24, 2.45) is 7.05 Å². The maximum atomic E-state index is 12.8. The molecule has 10 heteroatoms. The van der Waals surface area contributed by atoms with Crippen molar-refractivity contribution < 1.29 is 13.2 Å². The molecule has 2 aromatic rings. The number of rotatable bonds is 12. The van der Waals surface area contributed by atoms with Gasteiger partial charge in [-0.15, -0.1) is 0 Å². The van der Waals surface area contributed by atoms with E-state index in [2.05, 4.69) is 27.1 Å². The molecule has 1 aliphatic heterocycles. The summed E-state index contributed by atoms with van der Waals surface area (Å²) in [5, 5.41) is 3.02. The largest absolute Gasteiger partial charge is 0.356 e. The number of benzene rings is 1. The number of nitrogens with zero attached hydrogens (tertiary/aromatic N) is 5. The zero-order valence-electron chi connectivity index (χ0n) is 21.1. The third-order valence-corrected chi connectivity index (χ3v) is 8.73. The van der Waals surface area contributed by atoms with Gasteiger partial charge in [0.2, 0.25) is 15.9 Å². The van der Waals surface area contributed by atoms with E-state index in [-0.39, 0.29) is 10.8 Å². The number of carbonyl (C=O) groups is 1. The summed E-state index contributed by atoms with van der Waals surface area (Å²) >= 11 is 0. The zero-order valence-corrected chi connectivity index (χ0v) is 21.9. The number of amides is 1. The fourth-order valence-electron chi connectivity index (χ4n) is 4.40. The van der Waals surface area contributed by atoms with E-state index in [1.807, 2.05) is 25.5 Å². The first kappa shape index (κ1) is 26.6. The number of hydrogen-bond donors (Lipinski definition) is 1. The number of hydrogen-bond acceptors (Lipinski definition) is 6. The second kappa shape index (κ2) is 12.1. The van der Waals surface area contributed by atoms with E-state index in [9.17, 15) is 13.2 Å². The van der Waals surface area contributed by atoms with Crippen molar-refractivity contribution in [2.45, 2.75) is 44.4 Å². The van der Waals surface area contributed by atoms with Gasteiger partial charge in [0.05, 0.1) is 15.9 Å². The molecule has 1 fully saturated rings. The molecule has 1 saturated heterocycles. The fraction of sp³-hybridized carbons (Fsp3) is 0.667. The monoisotopic (exact) mass is 492 g/mol. The van der Waals surface area contributed by atoms with E-state index < -0.39 is 10.0 Å². The molecule has 0 aliphatic carbocycles. The standard InChI is InChI=1S/C24H40N6O3S/c1-5-30(6-2)34(32,33)20-9-10-22-21(19-20)26-23(28(22)4)11-12-24(31)25-13-7-8-14-29-17-15-27(3)16-18-29/h9-10,19H,5-8,11-18H2,1-4H3,(H,25,31). The van der Waals surface area contributed by atoms with E-state index in [0.29, 0.717) is 38.0 Å². The number of unbranched alkanes of at least 4 members (excludes halogenated alkanes) is 1. The lowest BCUT2D eigenvalue weighted by atomic mass is 10.2. The van der Waals surface area contributed by atoms with Crippen LogP contribution in [0.25, 0.3) is 11.0 Å². The Kier molecular flexibility index (Phi) is 9.47. The van der Waals surface area contributed by atoms with Gasteiger partial charge in [-0.05, 0) is 44.6 Å². The molecule has 1 N–H and O–H groups in total. The molecule has 0 radical (unpaired) electrons. The van der Waals surface area contributed by atoms with Gasteiger partial charge in [0.25, 0.3) is 0 Å². The highest BCUT2D eigenvalue weighted by Crippen LogP contribution is 2.22. The lowest BCUT2D eigenvalue weighted by Crippen LogP contribution is -2.44. The molecule has 34 heavy (non-hydrogen) atoms. The molecule has 0 spiro atoms. The van der Waals surface area contributed by atoms with Gasteiger partial charge in [-0.2, -0.15) is 4.31 Å². The molecule has 1 aromatic carbocycles. The lowest BCUT2D eigenvalue weighted by molar-refractivity contribution is -0.121. The fourth-order valence-corrected chi connectivity index (χ4v) is 5.88. The SMILES string of the molecule is CCN(CC)S(=O)(=O)c1ccc2c(c1)nc(CCC(=O)NCCCCN1CCN(C)CC1)n2C. The highest BCUT2D eigenvalue weighted by atomic mass is 32.2. The minimum Gasteiger partial charge on any atom is -0.356 e. The van der Waals surface area contributed by atoms with E-state index in [1.54, 1.807) is 18.2 Å². The van der Waals surface area contributed by atoms with Gasteiger partial charge in [-0.3, -0.25) is 4.79 Å². The number of aryl methyl sites for hydroxylation is 2. The summed E-state index contributed by atoms with van der Waals surface area (Å²) in [4.78, 5) is 22.0. The quantitative estimate of drug-likeness (QED) is 0.454. The van der Waals surface area contributed by atoms with Gasteiger partial charge in [-0.1, -0.05) is 13.8 Å². The summed E-state index contributed by atoms with van der Waals surface area (Å²) < 4.78 is 29.0. The Morgan fingerprint density at radius 2 is 1.79 bits per heavy atom. The van der Waals surface area contributed by atoms with Gasteiger partial charge in [-0.25, -0.2) is 13.4 Å². The van der Waals surface area contributed by atoms with Crippen molar-refractivity contribution in [2.75, 3.05) is 59.4 Å². The summed E-state index contributed by atoms with van der Waals surface area (Å²) in [6, 6.07) is 5.06. The maximum Gasteiger partial charge on any atom is 0.243 e. The van der Waals surface area contributed by atoms with Crippen LogP contribution in [0.3, 0.4) is 0 Å². The highest BCUT2D eigenvalue weighted by molar-refractivity contribution is 7.89. The minimum atomic E-state index is -3.53. The Hall–Kier alpha value is -2.01. The van der Waals surface area contributed by atoms with E-state index in [0.717, 1.165) is 56.9 Å². The smallest absolute Gasteiger partial charge is 0.243 e. The number of fused-ring (bicyclic) bond motifs is 1. The number of piperazine rings is 1. The van der Waals surface area contributed by atoms with E-state index in [4.69, 9.17) is 0 Å². The maximum absolute atomic E-state index is 12.8. The van der Waals surface area contributed by atoms with E-state index in [1.165, 1.54) is 4.31 Å². The normalized spacial score (nSPS) is 15.9. The van der Waals surface area contributed by atoms with Gasteiger partial charge in [0, 0.05) is 65.7 Å². The van der Waals surface area contributed by atoms with Crippen LogP contribution in [0.5, 0.6) is 0 Å². The summed E-state index contributed by atoms with van der Waals surface area (Å²) in [5.74, 6) is 0.800. The first-order chi connectivity index (χ1) is 16.3. The molecule has 9 nitrogen and oxygen atoms in total. The predicted molar refractivity (Wildman–Crippen MR) is 135 cm³/mol. The summed E-state index contributed by atoms with van der Waals surface area (Å²) in [5.41, 5.74) is 1.49. The Bertz CT molecular complexity index is 1060.